The molecule has 8 nitrogen and oxygen atoms in total. The van der Waals surface area contributed by atoms with Crippen molar-refractivity contribution in [2.75, 3.05) is 43.9 Å². The molecule has 0 amide bonds. The molecule has 0 bridgehead atoms. The van der Waals surface area contributed by atoms with Gasteiger partial charge >= 0.3 is 0 Å². The van der Waals surface area contributed by atoms with Gasteiger partial charge in [0, 0.05) is 38.3 Å². The van der Waals surface area contributed by atoms with E-state index in [2.05, 4.69) is 27.0 Å². The van der Waals surface area contributed by atoms with Crippen LogP contribution in [0.15, 0.2) is 72.8 Å². The Kier molecular flexibility index (Phi) is 6.54. The molecule has 39 heavy (non-hydrogen) atoms. The third-order valence-corrected chi connectivity index (χ3v) is 6.97. The molecule has 2 N–H and O–H groups in total. The molecule has 3 heterocycles. The molecule has 0 radical (unpaired) electrons. The largest absolute Gasteiger partial charge is 0.497 e. The SMILES string of the molecule is COc1ccc(CN2CCN(c3nc(-c4ccc(F)cc4)c4c(N)n(-c5ccc(F)cc5)nc4n3)CC2)cc1. The first-order valence-corrected chi connectivity index (χ1v) is 12.7. The summed E-state index contributed by atoms with van der Waals surface area (Å²) in [6.07, 6.45) is 0. The number of piperazine rings is 1. The number of aromatic nitrogens is 4. The summed E-state index contributed by atoms with van der Waals surface area (Å²) in [5, 5.41) is 5.22. The van der Waals surface area contributed by atoms with Crippen molar-refractivity contribution < 1.29 is 13.5 Å². The molecule has 0 atom stereocenters. The van der Waals surface area contributed by atoms with E-state index in [1.807, 2.05) is 12.1 Å². The average molecular weight is 528 g/mol. The number of nitrogens with two attached hydrogens (primary N) is 1. The van der Waals surface area contributed by atoms with Crippen LogP contribution < -0.4 is 15.4 Å². The lowest BCUT2D eigenvalue weighted by Gasteiger charge is -2.34. The molecular formula is C29H27F2N7O. The first-order chi connectivity index (χ1) is 19.0. The maximum atomic E-state index is 13.7. The molecule has 1 aliphatic heterocycles. The van der Waals surface area contributed by atoms with Gasteiger partial charge in [-0.3, -0.25) is 4.90 Å². The Morgan fingerprint density at radius 1 is 0.821 bits per heavy atom. The smallest absolute Gasteiger partial charge is 0.228 e. The second-order valence-corrected chi connectivity index (χ2v) is 9.46. The van der Waals surface area contributed by atoms with E-state index in [9.17, 15) is 8.78 Å². The van der Waals surface area contributed by atoms with E-state index in [1.165, 1.54) is 34.5 Å². The molecule has 5 aromatic rings. The van der Waals surface area contributed by atoms with Crippen molar-refractivity contribution in [1.29, 1.82) is 0 Å². The van der Waals surface area contributed by atoms with Gasteiger partial charge in [0.05, 0.1) is 23.9 Å². The van der Waals surface area contributed by atoms with Gasteiger partial charge in [-0.15, -0.1) is 5.10 Å². The third-order valence-electron chi connectivity index (χ3n) is 6.97. The molecule has 0 aliphatic carbocycles. The van der Waals surface area contributed by atoms with Gasteiger partial charge in [-0.1, -0.05) is 12.1 Å². The van der Waals surface area contributed by atoms with Crippen LogP contribution in [0.1, 0.15) is 5.56 Å². The Balaban J connectivity index is 1.32. The van der Waals surface area contributed by atoms with Gasteiger partial charge < -0.3 is 15.4 Å². The van der Waals surface area contributed by atoms with Gasteiger partial charge in [-0.25, -0.2) is 18.4 Å². The number of hydrogen-bond acceptors (Lipinski definition) is 7. The zero-order valence-electron chi connectivity index (χ0n) is 21.4. The zero-order chi connectivity index (χ0) is 26.9. The maximum Gasteiger partial charge on any atom is 0.228 e. The summed E-state index contributed by atoms with van der Waals surface area (Å²) in [5.41, 5.74) is 10.1. The van der Waals surface area contributed by atoms with Crippen LogP contribution in [0.4, 0.5) is 20.5 Å². The van der Waals surface area contributed by atoms with Crippen LogP contribution in [0, 0.1) is 11.6 Å². The van der Waals surface area contributed by atoms with E-state index >= 15 is 0 Å². The van der Waals surface area contributed by atoms with Crippen LogP contribution in [-0.2, 0) is 6.54 Å². The van der Waals surface area contributed by atoms with E-state index in [0.29, 0.717) is 39.7 Å². The number of fused-ring (bicyclic) bond motifs is 1. The molecule has 1 aliphatic rings. The standard InChI is InChI=1S/C29H27F2N7O/c1-39-24-12-2-19(3-13-24)18-36-14-16-37(17-15-36)29-33-26(20-4-6-21(30)7-5-20)25-27(32)38(35-28(25)34-29)23-10-8-22(31)9-11-23/h2-13H,14-18,32H2,1H3. The van der Waals surface area contributed by atoms with E-state index in [4.69, 9.17) is 20.4 Å². The summed E-state index contributed by atoms with van der Waals surface area (Å²) in [6.45, 7) is 3.99. The quantitative estimate of drug-likeness (QED) is 0.343. The van der Waals surface area contributed by atoms with E-state index in [0.717, 1.165) is 38.5 Å². The minimum absolute atomic E-state index is 0.326. The van der Waals surface area contributed by atoms with Crippen LogP contribution in [0.3, 0.4) is 0 Å². The summed E-state index contributed by atoms with van der Waals surface area (Å²) in [7, 11) is 1.66. The zero-order valence-corrected chi connectivity index (χ0v) is 21.4. The number of methoxy groups -OCH3 is 1. The number of hydrogen-bond donors (Lipinski definition) is 1. The van der Waals surface area contributed by atoms with Crippen LogP contribution in [-0.4, -0.2) is 57.9 Å². The summed E-state index contributed by atoms with van der Waals surface area (Å²) >= 11 is 0. The fraction of sp³-hybridized carbons (Fsp3) is 0.207. The highest BCUT2D eigenvalue weighted by Crippen LogP contribution is 2.34. The number of rotatable bonds is 6. The summed E-state index contributed by atoms with van der Waals surface area (Å²) in [5.74, 6) is 1.01. The number of benzene rings is 3. The summed E-state index contributed by atoms with van der Waals surface area (Å²) < 4.78 is 34.1. The van der Waals surface area contributed by atoms with Crippen LogP contribution in [0.2, 0.25) is 0 Å². The molecule has 198 valence electrons. The van der Waals surface area contributed by atoms with E-state index in [1.54, 1.807) is 31.4 Å². The molecule has 0 spiro atoms. The highest BCUT2D eigenvalue weighted by molar-refractivity contribution is 5.99. The highest BCUT2D eigenvalue weighted by Gasteiger charge is 2.24. The van der Waals surface area contributed by atoms with Crippen LogP contribution in [0.5, 0.6) is 5.75 Å². The molecule has 6 rings (SSSR count). The average Bonchev–Trinajstić information content (AvgIpc) is 3.30. The molecule has 0 saturated carbocycles. The minimum Gasteiger partial charge on any atom is -0.497 e. The lowest BCUT2D eigenvalue weighted by molar-refractivity contribution is 0.248. The number of nitrogen functional groups attached to an aromatic ring is 1. The lowest BCUT2D eigenvalue weighted by Crippen LogP contribution is -2.46. The van der Waals surface area contributed by atoms with Gasteiger partial charge in [0.15, 0.2) is 5.65 Å². The Morgan fingerprint density at radius 2 is 1.46 bits per heavy atom. The summed E-state index contributed by atoms with van der Waals surface area (Å²) in [4.78, 5) is 14.2. The fourth-order valence-electron chi connectivity index (χ4n) is 4.83. The molecule has 1 fully saturated rings. The van der Waals surface area contributed by atoms with Gasteiger partial charge in [-0.2, -0.15) is 4.98 Å². The Bertz CT molecular complexity index is 1590. The Labute approximate surface area is 224 Å². The van der Waals surface area contributed by atoms with E-state index in [-0.39, 0.29) is 11.6 Å². The monoisotopic (exact) mass is 527 g/mol. The third kappa shape index (κ3) is 4.98. The molecular weight excluding hydrogens is 500 g/mol. The van der Waals surface area contributed by atoms with Gasteiger partial charge in [-0.05, 0) is 66.2 Å². The van der Waals surface area contributed by atoms with Crippen LogP contribution >= 0.6 is 0 Å². The minimum atomic E-state index is -0.353. The second kappa shape index (κ2) is 10.3. The van der Waals surface area contributed by atoms with Crippen molar-refractivity contribution in [2.45, 2.75) is 6.54 Å². The first-order valence-electron chi connectivity index (χ1n) is 12.7. The predicted octanol–water partition coefficient (Wildman–Crippen LogP) is 4.67. The number of ether oxygens (including phenoxy) is 1. The van der Waals surface area contributed by atoms with Crippen molar-refractivity contribution in [3.8, 4) is 22.7 Å². The van der Waals surface area contributed by atoms with Gasteiger partial charge in [0.25, 0.3) is 0 Å². The van der Waals surface area contributed by atoms with Crippen molar-refractivity contribution in [3.63, 3.8) is 0 Å². The van der Waals surface area contributed by atoms with E-state index < -0.39 is 0 Å². The molecule has 0 unspecified atom stereocenters. The van der Waals surface area contributed by atoms with Crippen molar-refractivity contribution in [2.24, 2.45) is 0 Å². The fourth-order valence-corrected chi connectivity index (χ4v) is 4.83. The predicted molar refractivity (Wildman–Crippen MR) is 147 cm³/mol. The van der Waals surface area contributed by atoms with Crippen molar-refractivity contribution in [3.05, 3.63) is 90.0 Å². The topological polar surface area (TPSA) is 85.3 Å². The summed E-state index contributed by atoms with van der Waals surface area (Å²) in [6, 6.07) is 20.1. The maximum absolute atomic E-state index is 13.7. The molecule has 1 saturated heterocycles. The number of halogens is 2. The molecule has 3 aromatic carbocycles. The Morgan fingerprint density at radius 3 is 2.10 bits per heavy atom. The highest BCUT2D eigenvalue weighted by atomic mass is 19.1. The molecule has 10 heteroatoms. The second-order valence-electron chi connectivity index (χ2n) is 9.46. The first kappa shape index (κ1) is 24.7. The molecule has 2 aromatic heterocycles. The Hall–Kier alpha value is -4.57. The lowest BCUT2D eigenvalue weighted by atomic mass is 10.1. The normalized spacial score (nSPS) is 14.2. The van der Waals surface area contributed by atoms with Gasteiger partial charge in [0.2, 0.25) is 5.95 Å². The number of nitrogens with zero attached hydrogens (tertiary/aromatic N) is 6. The van der Waals surface area contributed by atoms with Crippen molar-refractivity contribution >= 4 is 22.8 Å². The van der Waals surface area contributed by atoms with Crippen LogP contribution in [0.25, 0.3) is 28.0 Å². The van der Waals surface area contributed by atoms with Crippen molar-refractivity contribution in [1.82, 2.24) is 24.6 Å². The van der Waals surface area contributed by atoms with Gasteiger partial charge in [0.1, 0.15) is 23.2 Å². The number of anilines is 2.